The number of thiophene rings is 1. The summed E-state index contributed by atoms with van der Waals surface area (Å²) in [7, 11) is 0. The third-order valence-electron chi connectivity index (χ3n) is 6.50. The van der Waals surface area contributed by atoms with Crippen LogP contribution in [0.25, 0.3) is 16.6 Å². The van der Waals surface area contributed by atoms with E-state index in [1.807, 2.05) is 12.1 Å². The van der Waals surface area contributed by atoms with E-state index >= 15 is 0 Å². The molecule has 5 rings (SSSR count). The number of Topliss-reactive ketones (excluding diaryl/α,β-unsaturated/α-hetero) is 1. The van der Waals surface area contributed by atoms with Gasteiger partial charge in [0.25, 0.3) is 11.1 Å². The molecule has 0 spiro atoms. The second-order valence-corrected chi connectivity index (χ2v) is 11.4. The van der Waals surface area contributed by atoms with Gasteiger partial charge in [-0.15, -0.1) is 11.3 Å². The highest BCUT2D eigenvalue weighted by atomic mass is 32.2. The van der Waals surface area contributed by atoms with E-state index in [-0.39, 0.29) is 11.0 Å². The number of thioether (sulfide) groups is 1. The van der Waals surface area contributed by atoms with Gasteiger partial charge in [0.1, 0.15) is 6.07 Å². The van der Waals surface area contributed by atoms with Gasteiger partial charge < -0.3 is 10.2 Å². The quantitative estimate of drug-likeness (QED) is 0.307. The number of amides is 2. The molecule has 5 heterocycles. The van der Waals surface area contributed by atoms with Crippen LogP contribution < -0.4 is 15.5 Å². The standard InChI is InChI=1S/C27H25N7O3S2/c1-16(35)21-2-3-22(38-21)24-19(12-28)10-18(15-31-24)14-29-13-17-5-8-34(9-6-17)26-30-7-4-20(32-26)11-23-25(36)33-27(37)39-23/h2-4,7,10-11,15,17,29H,5-6,8-9,13-14H2,1H3,(H,33,36,37). The smallest absolute Gasteiger partial charge is 0.290 e. The van der Waals surface area contributed by atoms with Crippen molar-refractivity contribution in [2.75, 3.05) is 24.5 Å². The first-order valence-corrected chi connectivity index (χ1v) is 14.1. The SMILES string of the molecule is CC(=O)c1ccc(-c2ncc(CNCC3CCN(c4nccc(C=C5SC(=O)NC5=O)n4)CC3)cc2C#N)s1. The Morgan fingerprint density at radius 1 is 1.26 bits per heavy atom. The number of anilines is 1. The lowest BCUT2D eigenvalue weighted by Crippen LogP contribution is -2.38. The van der Waals surface area contributed by atoms with Gasteiger partial charge in [0.05, 0.1) is 31.6 Å². The maximum atomic E-state index is 11.8. The van der Waals surface area contributed by atoms with Crippen LogP contribution in [0.3, 0.4) is 0 Å². The number of carbonyl (C=O) groups excluding carboxylic acids is 3. The van der Waals surface area contributed by atoms with Crippen molar-refractivity contribution in [2.24, 2.45) is 5.92 Å². The average Bonchev–Trinajstić information content (AvgIpc) is 3.55. The van der Waals surface area contributed by atoms with Crippen molar-refractivity contribution in [1.29, 1.82) is 5.26 Å². The van der Waals surface area contributed by atoms with Crippen molar-refractivity contribution in [1.82, 2.24) is 25.6 Å². The monoisotopic (exact) mass is 559 g/mol. The number of piperidine rings is 1. The molecule has 3 aromatic heterocycles. The summed E-state index contributed by atoms with van der Waals surface area (Å²) in [6.45, 7) is 4.62. The second kappa shape index (κ2) is 11.9. The molecule has 10 nitrogen and oxygen atoms in total. The third-order valence-corrected chi connectivity index (χ3v) is 8.50. The molecule has 0 atom stereocenters. The fourth-order valence-electron chi connectivity index (χ4n) is 4.45. The van der Waals surface area contributed by atoms with Crippen molar-refractivity contribution in [3.8, 4) is 16.6 Å². The molecule has 2 amide bonds. The fourth-order valence-corrected chi connectivity index (χ4v) is 6.03. The molecule has 2 saturated heterocycles. The number of nitriles is 1. The summed E-state index contributed by atoms with van der Waals surface area (Å²) in [5.41, 5.74) is 2.63. The number of nitrogens with one attached hydrogen (secondary N) is 2. The predicted octanol–water partition coefficient (Wildman–Crippen LogP) is 4.00. The maximum Gasteiger partial charge on any atom is 0.290 e. The summed E-state index contributed by atoms with van der Waals surface area (Å²) in [6.07, 6.45) is 7.01. The normalized spacial score (nSPS) is 16.9. The van der Waals surface area contributed by atoms with E-state index in [9.17, 15) is 19.6 Å². The molecule has 39 heavy (non-hydrogen) atoms. The fraction of sp³-hybridized carbons (Fsp3) is 0.296. The Morgan fingerprint density at radius 3 is 2.77 bits per heavy atom. The van der Waals surface area contributed by atoms with Crippen molar-refractivity contribution < 1.29 is 14.4 Å². The Labute approximate surface area is 233 Å². The number of imide groups is 1. The number of hydrogen-bond acceptors (Lipinski definition) is 11. The van der Waals surface area contributed by atoms with E-state index in [2.05, 4.69) is 36.6 Å². The van der Waals surface area contributed by atoms with Crippen molar-refractivity contribution in [2.45, 2.75) is 26.3 Å². The van der Waals surface area contributed by atoms with Crippen LogP contribution in [0.4, 0.5) is 10.7 Å². The van der Waals surface area contributed by atoms with Crippen LogP contribution in [0.15, 0.2) is 41.6 Å². The van der Waals surface area contributed by atoms with Gasteiger partial charge in [0.2, 0.25) is 5.95 Å². The first kappa shape index (κ1) is 26.7. The number of pyridine rings is 1. The van der Waals surface area contributed by atoms with Crippen LogP contribution in [-0.2, 0) is 11.3 Å². The summed E-state index contributed by atoms with van der Waals surface area (Å²) >= 11 is 2.22. The predicted molar refractivity (Wildman–Crippen MR) is 150 cm³/mol. The number of ketones is 1. The summed E-state index contributed by atoms with van der Waals surface area (Å²) in [6, 6.07) is 9.41. The van der Waals surface area contributed by atoms with Crippen molar-refractivity contribution in [3.63, 3.8) is 0 Å². The number of carbonyl (C=O) groups is 3. The van der Waals surface area contributed by atoms with Crippen molar-refractivity contribution in [3.05, 3.63) is 63.3 Å². The molecule has 2 N–H and O–H groups in total. The average molecular weight is 560 g/mol. The number of aromatic nitrogens is 3. The highest BCUT2D eigenvalue weighted by Gasteiger charge is 2.26. The third kappa shape index (κ3) is 6.39. The molecule has 0 bridgehead atoms. The van der Waals surface area contributed by atoms with Gasteiger partial charge in [-0.3, -0.25) is 24.7 Å². The molecule has 0 aliphatic carbocycles. The lowest BCUT2D eigenvalue weighted by Gasteiger charge is -2.32. The van der Waals surface area contributed by atoms with Gasteiger partial charge in [-0.25, -0.2) is 9.97 Å². The van der Waals surface area contributed by atoms with Crippen LogP contribution in [0.1, 0.15) is 46.3 Å². The van der Waals surface area contributed by atoms with E-state index in [1.165, 1.54) is 18.3 Å². The minimum atomic E-state index is -0.403. The molecule has 0 aromatic carbocycles. The molecule has 2 aliphatic rings. The second-order valence-electron chi connectivity index (χ2n) is 9.27. The summed E-state index contributed by atoms with van der Waals surface area (Å²) in [5, 5.41) is 15.0. The molecule has 198 valence electrons. The Bertz CT molecular complexity index is 1500. The molecule has 2 aliphatic heterocycles. The zero-order valence-corrected chi connectivity index (χ0v) is 22.8. The Morgan fingerprint density at radius 2 is 2.08 bits per heavy atom. The van der Waals surface area contributed by atoms with Gasteiger partial charge >= 0.3 is 0 Å². The van der Waals surface area contributed by atoms with E-state index < -0.39 is 5.91 Å². The maximum absolute atomic E-state index is 11.8. The summed E-state index contributed by atoms with van der Waals surface area (Å²) in [4.78, 5) is 52.2. The van der Waals surface area contributed by atoms with E-state index in [4.69, 9.17) is 0 Å². The summed E-state index contributed by atoms with van der Waals surface area (Å²) < 4.78 is 0. The molecule has 0 radical (unpaired) electrons. The van der Waals surface area contributed by atoms with Crippen LogP contribution >= 0.6 is 23.1 Å². The topological polar surface area (TPSA) is 141 Å². The zero-order valence-electron chi connectivity index (χ0n) is 21.1. The van der Waals surface area contributed by atoms with Gasteiger partial charge in [-0.2, -0.15) is 5.26 Å². The van der Waals surface area contributed by atoms with Crippen molar-refractivity contribution >= 4 is 52.1 Å². The molecule has 12 heteroatoms. The minimum Gasteiger partial charge on any atom is -0.341 e. The largest absolute Gasteiger partial charge is 0.341 e. The molecule has 0 unspecified atom stereocenters. The molecule has 2 fully saturated rings. The van der Waals surface area contributed by atoms with Crippen LogP contribution in [0.5, 0.6) is 0 Å². The molecule has 0 saturated carbocycles. The number of rotatable bonds is 8. The first-order valence-electron chi connectivity index (χ1n) is 12.4. The number of nitrogens with zero attached hydrogens (tertiary/aromatic N) is 5. The molecular formula is C27H25N7O3S2. The van der Waals surface area contributed by atoms with Crippen LogP contribution in [-0.4, -0.2) is 51.5 Å². The van der Waals surface area contributed by atoms with E-state index in [0.29, 0.717) is 45.1 Å². The van der Waals surface area contributed by atoms with E-state index in [1.54, 1.807) is 30.6 Å². The minimum absolute atomic E-state index is 0.00256. The molecular weight excluding hydrogens is 534 g/mol. The number of hydrogen-bond donors (Lipinski definition) is 2. The highest BCUT2D eigenvalue weighted by Crippen LogP contribution is 2.30. The Balaban J connectivity index is 1.12. The first-order chi connectivity index (χ1) is 18.9. The Hall–Kier alpha value is -3.92. The van der Waals surface area contributed by atoms with Crippen LogP contribution in [0, 0.1) is 17.2 Å². The summed E-state index contributed by atoms with van der Waals surface area (Å²) in [5.74, 6) is 0.708. The Kier molecular flexibility index (Phi) is 8.11. The van der Waals surface area contributed by atoms with Gasteiger partial charge in [0.15, 0.2) is 5.78 Å². The van der Waals surface area contributed by atoms with Crippen LogP contribution in [0.2, 0.25) is 0 Å². The lowest BCUT2D eigenvalue weighted by molar-refractivity contribution is -0.115. The zero-order chi connectivity index (χ0) is 27.4. The van der Waals surface area contributed by atoms with E-state index in [0.717, 1.165) is 54.7 Å². The highest BCUT2D eigenvalue weighted by molar-refractivity contribution is 8.18. The van der Waals surface area contributed by atoms with Gasteiger partial charge in [-0.1, -0.05) is 0 Å². The van der Waals surface area contributed by atoms with Gasteiger partial charge in [-0.05, 0) is 79.9 Å². The molecule has 3 aromatic rings. The van der Waals surface area contributed by atoms with Gasteiger partial charge in [0, 0.05) is 32.0 Å². The lowest BCUT2D eigenvalue weighted by atomic mass is 9.97.